The van der Waals surface area contributed by atoms with Crippen LogP contribution in [-0.2, 0) is 10.3 Å². The Labute approximate surface area is 91.7 Å². The van der Waals surface area contributed by atoms with E-state index in [1.54, 1.807) is 6.07 Å². The largest absolute Gasteiger partial charge is 0.462 e. The highest BCUT2D eigenvalue weighted by molar-refractivity contribution is 6.30. The van der Waals surface area contributed by atoms with Crippen LogP contribution in [0.2, 0.25) is 5.02 Å². The maximum Gasteiger partial charge on any atom is 0.283 e. The van der Waals surface area contributed by atoms with Gasteiger partial charge in [-0.05, 0) is 24.6 Å². The SMILES string of the molecule is CC1(c2ccc(Cl)c(F)c2)COC(N)=N1. The number of amidine groups is 1. The van der Waals surface area contributed by atoms with E-state index in [9.17, 15) is 4.39 Å². The van der Waals surface area contributed by atoms with E-state index in [1.807, 2.05) is 6.92 Å². The van der Waals surface area contributed by atoms with Crippen LogP contribution in [0.5, 0.6) is 0 Å². The second kappa shape index (κ2) is 3.38. The smallest absolute Gasteiger partial charge is 0.283 e. The molecule has 0 radical (unpaired) electrons. The zero-order chi connectivity index (χ0) is 11.1. The van der Waals surface area contributed by atoms with Crippen LogP contribution >= 0.6 is 11.6 Å². The molecule has 0 saturated carbocycles. The molecule has 1 atom stereocenters. The number of rotatable bonds is 1. The molecule has 1 aliphatic heterocycles. The minimum Gasteiger partial charge on any atom is -0.462 e. The molecule has 0 aliphatic carbocycles. The average Bonchev–Trinajstić information content (AvgIpc) is 2.52. The molecule has 3 nitrogen and oxygen atoms in total. The minimum absolute atomic E-state index is 0.0956. The predicted molar refractivity (Wildman–Crippen MR) is 56.3 cm³/mol. The second-order valence-corrected chi connectivity index (χ2v) is 4.05. The summed E-state index contributed by atoms with van der Waals surface area (Å²) in [5.74, 6) is -0.462. The average molecular weight is 229 g/mol. The summed E-state index contributed by atoms with van der Waals surface area (Å²) in [6.45, 7) is 2.15. The highest BCUT2D eigenvalue weighted by Gasteiger charge is 2.33. The highest BCUT2D eigenvalue weighted by Crippen LogP contribution is 2.31. The van der Waals surface area contributed by atoms with Crippen LogP contribution in [0.25, 0.3) is 0 Å². The van der Waals surface area contributed by atoms with Crippen molar-refractivity contribution in [3.05, 3.63) is 34.6 Å². The molecular formula is C10H10ClFN2O. The number of nitrogens with two attached hydrogens (primary N) is 1. The number of ether oxygens (including phenoxy) is 1. The van der Waals surface area contributed by atoms with E-state index in [4.69, 9.17) is 22.1 Å². The van der Waals surface area contributed by atoms with Crippen molar-refractivity contribution in [2.75, 3.05) is 6.61 Å². The molecule has 1 aromatic rings. The molecule has 2 rings (SSSR count). The molecule has 0 bridgehead atoms. The van der Waals surface area contributed by atoms with Gasteiger partial charge in [-0.1, -0.05) is 17.7 Å². The Morgan fingerprint density at radius 3 is 2.87 bits per heavy atom. The lowest BCUT2D eigenvalue weighted by Gasteiger charge is -2.18. The van der Waals surface area contributed by atoms with Gasteiger partial charge < -0.3 is 10.5 Å². The Morgan fingerprint density at radius 2 is 2.33 bits per heavy atom. The fraction of sp³-hybridized carbons (Fsp3) is 0.300. The van der Waals surface area contributed by atoms with Gasteiger partial charge in [-0.15, -0.1) is 0 Å². The topological polar surface area (TPSA) is 47.6 Å². The van der Waals surface area contributed by atoms with Crippen molar-refractivity contribution in [3.8, 4) is 0 Å². The molecule has 1 unspecified atom stereocenters. The van der Waals surface area contributed by atoms with Crippen LogP contribution in [0, 0.1) is 5.82 Å². The molecule has 0 amide bonds. The lowest BCUT2D eigenvalue weighted by atomic mass is 9.94. The molecule has 5 heteroatoms. The van der Waals surface area contributed by atoms with Gasteiger partial charge in [-0.3, -0.25) is 0 Å². The molecule has 0 fully saturated rings. The number of aliphatic imine (C=N–C) groups is 1. The van der Waals surface area contributed by atoms with Crippen molar-refractivity contribution in [1.29, 1.82) is 0 Å². The fourth-order valence-corrected chi connectivity index (χ4v) is 1.62. The van der Waals surface area contributed by atoms with E-state index < -0.39 is 11.4 Å². The van der Waals surface area contributed by atoms with Crippen LogP contribution < -0.4 is 5.73 Å². The third-order valence-electron chi connectivity index (χ3n) is 2.40. The molecule has 0 aromatic heterocycles. The lowest BCUT2D eigenvalue weighted by molar-refractivity contribution is 0.266. The van der Waals surface area contributed by atoms with Crippen LogP contribution in [0.4, 0.5) is 4.39 Å². The van der Waals surface area contributed by atoms with Crippen LogP contribution in [0.3, 0.4) is 0 Å². The quantitative estimate of drug-likeness (QED) is 0.800. The third kappa shape index (κ3) is 1.77. The molecule has 2 N–H and O–H groups in total. The Hall–Kier alpha value is -1.29. The minimum atomic E-state index is -0.616. The monoisotopic (exact) mass is 228 g/mol. The molecule has 80 valence electrons. The van der Waals surface area contributed by atoms with Crippen molar-refractivity contribution in [3.63, 3.8) is 0 Å². The van der Waals surface area contributed by atoms with E-state index in [-0.39, 0.29) is 11.0 Å². The summed E-state index contributed by atoms with van der Waals surface area (Å²) in [5.41, 5.74) is 5.51. The standard InChI is InChI=1S/C10H10ClFN2O/c1-10(5-15-9(13)14-10)6-2-3-7(11)8(12)4-6/h2-4H,5H2,1H3,(H2,13,14). The summed E-state index contributed by atoms with van der Waals surface area (Å²) in [4.78, 5) is 4.12. The Kier molecular flexibility index (Phi) is 2.31. The first-order chi connectivity index (χ1) is 7.01. The summed E-state index contributed by atoms with van der Waals surface area (Å²) < 4.78 is 18.3. The van der Waals surface area contributed by atoms with Gasteiger partial charge in [0.25, 0.3) is 6.02 Å². The third-order valence-corrected chi connectivity index (χ3v) is 2.71. The van der Waals surface area contributed by atoms with E-state index >= 15 is 0 Å². The van der Waals surface area contributed by atoms with Crippen molar-refractivity contribution < 1.29 is 9.13 Å². The summed E-state index contributed by atoms with van der Waals surface area (Å²) >= 11 is 5.59. The van der Waals surface area contributed by atoms with Gasteiger partial charge in [0.1, 0.15) is 18.0 Å². The van der Waals surface area contributed by atoms with Gasteiger partial charge in [0.2, 0.25) is 0 Å². The van der Waals surface area contributed by atoms with Gasteiger partial charge in [0.15, 0.2) is 0 Å². The Morgan fingerprint density at radius 1 is 1.60 bits per heavy atom. The number of halogens is 2. The van der Waals surface area contributed by atoms with Crippen LogP contribution in [0.1, 0.15) is 12.5 Å². The first-order valence-corrected chi connectivity index (χ1v) is 4.83. The molecule has 1 aliphatic rings. The Balaban J connectivity index is 2.42. The summed E-state index contributed by atoms with van der Waals surface area (Å²) in [5, 5.41) is 0.0956. The van der Waals surface area contributed by atoms with Gasteiger partial charge in [-0.25, -0.2) is 9.38 Å². The molecular weight excluding hydrogens is 219 g/mol. The van der Waals surface area contributed by atoms with E-state index in [2.05, 4.69) is 4.99 Å². The first-order valence-electron chi connectivity index (χ1n) is 4.45. The van der Waals surface area contributed by atoms with E-state index in [0.29, 0.717) is 12.2 Å². The van der Waals surface area contributed by atoms with Crippen molar-refractivity contribution in [2.24, 2.45) is 10.7 Å². The molecule has 15 heavy (non-hydrogen) atoms. The van der Waals surface area contributed by atoms with Crippen LogP contribution in [0.15, 0.2) is 23.2 Å². The summed E-state index contributed by atoms with van der Waals surface area (Å²) in [7, 11) is 0. The summed E-state index contributed by atoms with van der Waals surface area (Å²) in [6, 6.07) is 4.71. The summed E-state index contributed by atoms with van der Waals surface area (Å²) in [6.07, 6.45) is 0. The van der Waals surface area contributed by atoms with E-state index in [0.717, 1.165) is 0 Å². The van der Waals surface area contributed by atoms with Crippen molar-refractivity contribution in [1.82, 2.24) is 0 Å². The predicted octanol–water partition coefficient (Wildman–Crippen LogP) is 2.04. The van der Waals surface area contributed by atoms with E-state index in [1.165, 1.54) is 12.1 Å². The first kappa shape index (κ1) is 10.2. The van der Waals surface area contributed by atoms with Crippen LogP contribution in [-0.4, -0.2) is 12.6 Å². The number of hydrogen-bond donors (Lipinski definition) is 1. The highest BCUT2D eigenvalue weighted by atomic mass is 35.5. The lowest BCUT2D eigenvalue weighted by Crippen LogP contribution is -2.20. The fourth-order valence-electron chi connectivity index (χ4n) is 1.50. The molecule has 0 spiro atoms. The molecule has 1 heterocycles. The number of nitrogens with zero attached hydrogens (tertiary/aromatic N) is 1. The molecule has 1 aromatic carbocycles. The van der Waals surface area contributed by atoms with Gasteiger partial charge in [0.05, 0.1) is 5.02 Å². The number of benzene rings is 1. The number of hydrogen-bond acceptors (Lipinski definition) is 3. The van der Waals surface area contributed by atoms with Crippen molar-refractivity contribution >= 4 is 17.6 Å². The molecule has 0 saturated heterocycles. The zero-order valence-corrected chi connectivity index (χ0v) is 8.88. The van der Waals surface area contributed by atoms with Gasteiger partial charge >= 0.3 is 0 Å². The maximum absolute atomic E-state index is 13.2. The normalized spacial score (nSPS) is 24.9. The maximum atomic E-state index is 13.2. The van der Waals surface area contributed by atoms with Gasteiger partial charge in [0, 0.05) is 0 Å². The second-order valence-electron chi connectivity index (χ2n) is 3.64. The van der Waals surface area contributed by atoms with Gasteiger partial charge in [-0.2, -0.15) is 0 Å². The Bertz CT molecular complexity index is 435. The zero-order valence-electron chi connectivity index (χ0n) is 8.13. The van der Waals surface area contributed by atoms with Crippen molar-refractivity contribution in [2.45, 2.75) is 12.5 Å².